The molecule has 0 radical (unpaired) electrons. The summed E-state index contributed by atoms with van der Waals surface area (Å²) in [5.41, 5.74) is 5.34. The number of ether oxygens (including phenoxy) is 1. The van der Waals surface area contributed by atoms with Crippen molar-refractivity contribution in [2.24, 2.45) is 10.7 Å². The monoisotopic (exact) mass is 365 g/mol. The zero-order valence-corrected chi connectivity index (χ0v) is 15.6. The first kappa shape index (κ1) is 20.1. The number of urea groups is 1. The first-order valence-corrected chi connectivity index (χ1v) is 9.38. The van der Waals surface area contributed by atoms with Crippen LogP contribution in [-0.2, 0) is 11.2 Å². The van der Waals surface area contributed by atoms with E-state index >= 15 is 0 Å². The summed E-state index contributed by atoms with van der Waals surface area (Å²) < 4.78 is 10.7. The van der Waals surface area contributed by atoms with E-state index in [-0.39, 0.29) is 12.1 Å². The van der Waals surface area contributed by atoms with E-state index in [1.54, 1.807) is 11.2 Å². The van der Waals surface area contributed by atoms with Crippen LogP contribution in [0.25, 0.3) is 0 Å². The number of nitrogens with two attached hydrogens (primary N) is 1. The highest BCUT2D eigenvalue weighted by Crippen LogP contribution is 2.09. The van der Waals surface area contributed by atoms with E-state index in [1.165, 1.54) is 0 Å². The molecule has 1 aliphatic heterocycles. The van der Waals surface area contributed by atoms with Gasteiger partial charge in [0.1, 0.15) is 5.76 Å². The van der Waals surface area contributed by atoms with Gasteiger partial charge in [-0.1, -0.05) is 0 Å². The molecule has 26 heavy (non-hydrogen) atoms. The lowest BCUT2D eigenvalue weighted by atomic mass is 10.1. The molecule has 0 bridgehead atoms. The van der Waals surface area contributed by atoms with Gasteiger partial charge in [0.15, 0.2) is 5.96 Å². The average Bonchev–Trinajstić information content (AvgIpc) is 3.15. The third-order valence-corrected chi connectivity index (χ3v) is 4.31. The number of primary amides is 1. The highest BCUT2D eigenvalue weighted by Gasteiger charge is 2.21. The highest BCUT2D eigenvalue weighted by molar-refractivity contribution is 5.80. The number of furan rings is 1. The fraction of sp³-hybridized carbons (Fsp3) is 0.667. The molecular weight excluding hydrogens is 334 g/mol. The fourth-order valence-electron chi connectivity index (χ4n) is 2.85. The number of nitrogens with zero attached hydrogens (tertiary/aromatic N) is 2. The van der Waals surface area contributed by atoms with Gasteiger partial charge < -0.3 is 30.4 Å². The van der Waals surface area contributed by atoms with Crippen molar-refractivity contribution in [3.63, 3.8) is 0 Å². The summed E-state index contributed by atoms with van der Waals surface area (Å²) >= 11 is 0. The zero-order valence-electron chi connectivity index (χ0n) is 15.6. The van der Waals surface area contributed by atoms with Gasteiger partial charge in [-0.05, 0) is 38.3 Å². The van der Waals surface area contributed by atoms with Crippen LogP contribution in [0.3, 0.4) is 0 Å². The number of amides is 2. The summed E-state index contributed by atoms with van der Waals surface area (Å²) in [4.78, 5) is 17.6. The van der Waals surface area contributed by atoms with Crippen molar-refractivity contribution in [1.29, 1.82) is 0 Å². The standard InChI is InChI=1S/C18H31N5O3/c1-2-25-13-4-9-20-18(21-10-6-16-5-3-14-26-16)22-15-7-11-23(12-8-15)17(19)24/h3,5,14-15H,2,4,6-13H2,1H3,(H2,19,24)(H2,20,21,22). The van der Waals surface area contributed by atoms with E-state index in [4.69, 9.17) is 14.9 Å². The normalized spacial score (nSPS) is 15.9. The topological polar surface area (TPSA) is 105 Å². The molecule has 2 heterocycles. The Bertz CT molecular complexity index is 539. The van der Waals surface area contributed by atoms with Crippen LogP contribution in [0.15, 0.2) is 27.8 Å². The first-order chi connectivity index (χ1) is 12.7. The maximum absolute atomic E-state index is 11.2. The van der Waals surface area contributed by atoms with Gasteiger partial charge in [-0.15, -0.1) is 0 Å². The molecule has 2 rings (SSSR count). The number of hydrogen-bond acceptors (Lipinski definition) is 4. The van der Waals surface area contributed by atoms with Gasteiger partial charge in [0.25, 0.3) is 0 Å². The second-order valence-electron chi connectivity index (χ2n) is 6.28. The molecular formula is C18H31N5O3. The van der Waals surface area contributed by atoms with E-state index in [2.05, 4.69) is 15.6 Å². The zero-order chi connectivity index (χ0) is 18.6. The molecule has 0 aliphatic carbocycles. The van der Waals surface area contributed by atoms with E-state index in [1.807, 2.05) is 19.1 Å². The summed E-state index contributed by atoms with van der Waals surface area (Å²) in [7, 11) is 0. The number of likely N-dealkylation sites (tertiary alicyclic amines) is 1. The summed E-state index contributed by atoms with van der Waals surface area (Å²) in [5.74, 6) is 1.74. The number of rotatable bonds is 9. The second kappa shape index (κ2) is 11.4. The van der Waals surface area contributed by atoms with Crippen LogP contribution < -0.4 is 16.4 Å². The van der Waals surface area contributed by atoms with Crippen molar-refractivity contribution in [1.82, 2.24) is 15.5 Å². The molecule has 0 atom stereocenters. The summed E-state index contributed by atoms with van der Waals surface area (Å²) in [6.07, 6.45) is 5.09. The molecule has 0 spiro atoms. The van der Waals surface area contributed by atoms with Crippen molar-refractivity contribution >= 4 is 12.0 Å². The van der Waals surface area contributed by atoms with Crippen LogP contribution in [0.2, 0.25) is 0 Å². The number of carbonyl (C=O) groups is 1. The van der Waals surface area contributed by atoms with Gasteiger partial charge in [0, 0.05) is 51.9 Å². The lowest BCUT2D eigenvalue weighted by Gasteiger charge is -2.32. The highest BCUT2D eigenvalue weighted by atomic mass is 16.5. The van der Waals surface area contributed by atoms with Gasteiger partial charge in [0.05, 0.1) is 6.26 Å². The van der Waals surface area contributed by atoms with Crippen LogP contribution in [0.5, 0.6) is 0 Å². The summed E-state index contributed by atoms with van der Waals surface area (Å²) in [5, 5.41) is 6.84. The number of guanidine groups is 1. The van der Waals surface area contributed by atoms with Crippen LogP contribution in [0.1, 0.15) is 31.9 Å². The third-order valence-electron chi connectivity index (χ3n) is 4.31. The molecule has 146 valence electrons. The van der Waals surface area contributed by atoms with Crippen molar-refractivity contribution in [3.05, 3.63) is 24.2 Å². The Kier molecular flexibility index (Phi) is 8.82. The van der Waals surface area contributed by atoms with E-state index < -0.39 is 0 Å². The van der Waals surface area contributed by atoms with E-state index in [0.29, 0.717) is 19.6 Å². The van der Waals surface area contributed by atoms with Gasteiger partial charge >= 0.3 is 6.03 Å². The maximum Gasteiger partial charge on any atom is 0.314 e. The molecule has 0 aromatic carbocycles. The Hall–Kier alpha value is -2.22. The van der Waals surface area contributed by atoms with Gasteiger partial charge in [-0.2, -0.15) is 0 Å². The Morgan fingerprint density at radius 2 is 2.27 bits per heavy atom. The minimum atomic E-state index is -0.343. The molecule has 2 amide bonds. The molecule has 8 nitrogen and oxygen atoms in total. The molecule has 1 saturated heterocycles. The molecule has 4 N–H and O–H groups in total. The summed E-state index contributed by atoms with van der Waals surface area (Å²) in [6, 6.07) is 3.80. The number of nitrogens with one attached hydrogen (secondary N) is 2. The number of carbonyl (C=O) groups excluding carboxylic acids is 1. The van der Waals surface area contributed by atoms with Crippen molar-refractivity contribution < 1.29 is 13.9 Å². The van der Waals surface area contributed by atoms with E-state index in [0.717, 1.165) is 57.2 Å². The Morgan fingerprint density at radius 3 is 2.92 bits per heavy atom. The Balaban J connectivity index is 1.79. The number of aliphatic imine (C=N–C) groups is 1. The Labute approximate surface area is 155 Å². The SMILES string of the molecule is CCOCCCN=C(NCCc1ccco1)NC1CCN(C(N)=O)CC1. The molecule has 0 saturated carbocycles. The Morgan fingerprint density at radius 1 is 1.46 bits per heavy atom. The molecule has 1 aromatic rings. The lowest BCUT2D eigenvalue weighted by molar-refractivity contribution is 0.146. The number of piperidine rings is 1. The minimum Gasteiger partial charge on any atom is -0.469 e. The van der Waals surface area contributed by atoms with Crippen molar-refractivity contribution in [2.45, 2.75) is 38.6 Å². The number of hydrogen-bond donors (Lipinski definition) is 3. The van der Waals surface area contributed by atoms with Gasteiger partial charge in [-0.3, -0.25) is 4.99 Å². The van der Waals surface area contributed by atoms with Crippen molar-refractivity contribution in [2.75, 3.05) is 39.4 Å². The predicted octanol–water partition coefficient (Wildman–Crippen LogP) is 1.33. The minimum absolute atomic E-state index is 0.285. The van der Waals surface area contributed by atoms with Crippen LogP contribution in [0, 0.1) is 0 Å². The summed E-state index contributed by atoms with van der Waals surface area (Å²) in [6.45, 7) is 6.24. The van der Waals surface area contributed by atoms with Crippen molar-refractivity contribution in [3.8, 4) is 0 Å². The van der Waals surface area contributed by atoms with Crippen LogP contribution in [0.4, 0.5) is 4.79 Å². The smallest absolute Gasteiger partial charge is 0.314 e. The second-order valence-corrected chi connectivity index (χ2v) is 6.28. The lowest BCUT2D eigenvalue weighted by Crippen LogP contribution is -2.51. The fourth-order valence-corrected chi connectivity index (χ4v) is 2.85. The molecule has 0 unspecified atom stereocenters. The molecule has 1 aromatic heterocycles. The molecule has 1 aliphatic rings. The molecule has 8 heteroatoms. The third kappa shape index (κ3) is 7.35. The quantitative estimate of drug-likeness (QED) is 0.348. The van der Waals surface area contributed by atoms with Gasteiger partial charge in [-0.25, -0.2) is 4.79 Å². The van der Waals surface area contributed by atoms with Crippen LogP contribution in [-0.4, -0.2) is 62.3 Å². The van der Waals surface area contributed by atoms with Crippen LogP contribution >= 0.6 is 0 Å². The van der Waals surface area contributed by atoms with E-state index in [9.17, 15) is 4.79 Å². The largest absolute Gasteiger partial charge is 0.469 e. The van der Waals surface area contributed by atoms with Gasteiger partial charge in [0.2, 0.25) is 0 Å². The first-order valence-electron chi connectivity index (χ1n) is 9.38. The molecule has 1 fully saturated rings. The predicted molar refractivity (Wildman–Crippen MR) is 101 cm³/mol. The average molecular weight is 365 g/mol. The maximum atomic E-state index is 11.2.